The Labute approximate surface area is 214 Å². The lowest BCUT2D eigenvalue weighted by atomic mass is 10.1. The van der Waals surface area contributed by atoms with Crippen molar-refractivity contribution in [2.75, 3.05) is 11.9 Å². The molecular formula is C27H45N3O6. The summed E-state index contributed by atoms with van der Waals surface area (Å²) in [5, 5.41) is 31.7. The van der Waals surface area contributed by atoms with E-state index in [4.69, 9.17) is 4.74 Å². The van der Waals surface area contributed by atoms with Crippen LogP contribution >= 0.6 is 0 Å². The Morgan fingerprint density at radius 3 is 2.19 bits per heavy atom. The molecule has 1 aromatic rings. The molecule has 2 rings (SSSR count). The van der Waals surface area contributed by atoms with Crippen molar-refractivity contribution in [2.45, 2.75) is 121 Å². The van der Waals surface area contributed by atoms with Crippen molar-refractivity contribution in [1.29, 1.82) is 0 Å². The molecule has 1 fully saturated rings. The third kappa shape index (κ3) is 10.5. The summed E-state index contributed by atoms with van der Waals surface area (Å²) in [7, 11) is 0. The van der Waals surface area contributed by atoms with Crippen molar-refractivity contribution in [3.63, 3.8) is 0 Å². The summed E-state index contributed by atoms with van der Waals surface area (Å²) in [5.74, 6) is -0.0722. The molecule has 0 aliphatic carbocycles. The lowest BCUT2D eigenvalue weighted by molar-refractivity contribution is -0.116. The zero-order valence-electron chi connectivity index (χ0n) is 21.7. The van der Waals surface area contributed by atoms with Gasteiger partial charge in [0.1, 0.15) is 24.1 Å². The molecule has 0 bridgehead atoms. The highest BCUT2D eigenvalue weighted by molar-refractivity contribution is 5.89. The van der Waals surface area contributed by atoms with E-state index in [1.54, 1.807) is 0 Å². The Balaban J connectivity index is 1.54. The smallest absolute Gasteiger partial charge is 0.351 e. The van der Waals surface area contributed by atoms with Crippen molar-refractivity contribution in [3.8, 4) is 0 Å². The molecule has 4 N–H and O–H groups in total. The molecule has 0 radical (unpaired) electrons. The van der Waals surface area contributed by atoms with Gasteiger partial charge < -0.3 is 25.4 Å². The van der Waals surface area contributed by atoms with Crippen molar-refractivity contribution >= 4 is 11.7 Å². The van der Waals surface area contributed by atoms with Gasteiger partial charge in [-0.05, 0) is 38.2 Å². The maximum Gasteiger partial charge on any atom is 0.351 e. The quantitative estimate of drug-likeness (QED) is 0.175. The molecule has 1 saturated heterocycles. The van der Waals surface area contributed by atoms with Gasteiger partial charge >= 0.3 is 5.69 Å². The summed E-state index contributed by atoms with van der Waals surface area (Å²) in [6.07, 6.45) is 17.0. The number of nitrogens with zero attached hydrogens (tertiary/aromatic N) is 2. The van der Waals surface area contributed by atoms with Crippen LogP contribution in [0.15, 0.2) is 29.2 Å². The first-order valence-electron chi connectivity index (χ1n) is 13.6. The Bertz CT molecular complexity index is 843. The molecule has 1 aliphatic rings. The van der Waals surface area contributed by atoms with Crippen LogP contribution in [-0.4, -0.2) is 55.7 Å². The molecule has 1 aliphatic heterocycles. The number of hydrogen-bond donors (Lipinski definition) is 4. The van der Waals surface area contributed by atoms with E-state index in [2.05, 4.69) is 29.4 Å². The molecule has 0 unspecified atom stereocenters. The van der Waals surface area contributed by atoms with Crippen LogP contribution < -0.4 is 11.0 Å². The third-order valence-electron chi connectivity index (χ3n) is 6.55. The molecule has 0 spiro atoms. The van der Waals surface area contributed by atoms with E-state index >= 15 is 0 Å². The SMILES string of the molecule is CCCCCC/C=C/CCCCCCCCCC(=O)Nc1ccn([C@@H]2O[C@H](CO)[C@@H](O)[C@@H]2O)c(=O)n1. The van der Waals surface area contributed by atoms with Crippen LogP contribution in [-0.2, 0) is 9.53 Å². The summed E-state index contributed by atoms with van der Waals surface area (Å²) >= 11 is 0. The van der Waals surface area contributed by atoms with Gasteiger partial charge in [0.25, 0.3) is 0 Å². The second-order valence-corrected chi connectivity index (χ2v) is 9.61. The van der Waals surface area contributed by atoms with E-state index in [0.29, 0.717) is 6.42 Å². The zero-order chi connectivity index (χ0) is 26.2. The summed E-state index contributed by atoms with van der Waals surface area (Å²) in [6.45, 7) is 1.75. The van der Waals surface area contributed by atoms with Crippen molar-refractivity contribution in [3.05, 3.63) is 34.9 Å². The van der Waals surface area contributed by atoms with Gasteiger partial charge in [0.2, 0.25) is 5.91 Å². The summed E-state index contributed by atoms with van der Waals surface area (Å²) < 4.78 is 6.37. The van der Waals surface area contributed by atoms with Crippen LogP contribution in [0.5, 0.6) is 0 Å². The number of carbonyl (C=O) groups excluding carboxylic acids is 1. The number of amides is 1. The number of aliphatic hydroxyl groups excluding tert-OH is 3. The number of nitrogens with one attached hydrogen (secondary N) is 1. The van der Waals surface area contributed by atoms with Crippen LogP contribution in [0.4, 0.5) is 5.82 Å². The van der Waals surface area contributed by atoms with Crippen molar-refractivity contribution in [1.82, 2.24) is 9.55 Å². The second-order valence-electron chi connectivity index (χ2n) is 9.61. The minimum Gasteiger partial charge on any atom is -0.394 e. The highest BCUT2D eigenvalue weighted by Crippen LogP contribution is 2.28. The van der Waals surface area contributed by atoms with Gasteiger partial charge in [-0.3, -0.25) is 9.36 Å². The summed E-state index contributed by atoms with van der Waals surface area (Å²) in [6, 6.07) is 1.44. The first-order valence-corrected chi connectivity index (χ1v) is 13.6. The van der Waals surface area contributed by atoms with Crippen LogP contribution in [0, 0.1) is 0 Å². The number of unbranched alkanes of at least 4 members (excludes halogenated alkanes) is 11. The topological polar surface area (TPSA) is 134 Å². The van der Waals surface area contributed by atoms with E-state index in [9.17, 15) is 24.9 Å². The Morgan fingerprint density at radius 1 is 1.00 bits per heavy atom. The molecule has 0 saturated carbocycles. The number of hydrogen-bond acceptors (Lipinski definition) is 7. The molecule has 2 heterocycles. The molecule has 9 nitrogen and oxygen atoms in total. The number of aliphatic hydroxyl groups is 3. The summed E-state index contributed by atoms with van der Waals surface area (Å²) in [5.41, 5.74) is -0.731. The number of carbonyl (C=O) groups is 1. The third-order valence-corrected chi connectivity index (χ3v) is 6.55. The molecule has 36 heavy (non-hydrogen) atoms. The largest absolute Gasteiger partial charge is 0.394 e. The van der Waals surface area contributed by atoms with Gasteiger partial charge in [0.05, 0.1) is 6.61 Å². The van der Waals surface area contributed by atoms with Crippen molar-refractivity contribution < 1.29 is 24.9 Å². The average molecular weight is 508 g/mol. The fourth-order valence-corrected chi connectivity index (χ4v) is 4.35. The number of allylic oxidation sites excluding steroid dienone is 2. The predicted molar refractivity (Wildman–Crippen MR) is 140 cm³/mol. The minimum atomic E-state index is -1.37. The van der Waals surface area contributed by atoms with E-state index < -0.39 is 36.8 Å². The van der Waals surface area contributed by atoms with Crippen LogP contribution in [0.2, 0.25) is 0 Å². The fourth-order valence-electron chi connectivity index (χ4n) is 4.35. The van der Waals surface area contributed by atoms with Gasteiger partial charge in [-0.15, -0.1) is 0 Å². The molecule has 4 atom stereocenters. The fraction of sp³-hybridized carbons (Fsp3) is 0.741. The van der Waals surface area contributed by atoms with Gasteiger partial charge in [-0.2, -0.15) is 4.98 Å². The van der Waals surface area contributed by atoms with E-state index in [0.717, 1.165) is 23.8 Å². The van der Waals surface area contributed by atoms with E-state index in [1.165, 1.54) is 76.5 Å². The average Bonchev–Trinajstić information content (AvgIpc) is 3.15. The number of ether oxygens (including phenoxy) is 1. The number of anilines is 1. The monoisotopic (exact) mass is 507 g/mol. The molecule has 1 amide bonds. The second kappa shape index (κ2) is 17.4. The van der Waals surface area contributed by atoms with E-state index in [-0.39, 0.29) is 11.7 Å². The minimum absolute atomic E-state index is 0.128. The van der Waals surface area contributed by atoms with Crippen LogP contribution in [0.1, 0.15) is 103 Å². The molecule has 204 valence electrons. The van der Waals surface area contributed by atoms with Crippen LogP contribution in [0.25, 0.3) is 0 Å². The first-order chi connectivity index (χ1) is 17.5. The summed E-state index contributed by atoms with van der Waals surface area (Å²) in [4.78, 5) is 28.3. The number of rotatable bonds is 18. The first kappa shape index (κ1) is 30.2. The van der Waals surface area contributed by atoms with Gasteiger partial charge in [-0.25, -0.2) is 4.79 Å². The highest BCUT2D eigenvalue weighted by atomic mass is 16.6. The lowest BCUT2D eigenvalue weighted by Crippen LogP contribution is -2.36. The Morgan fingerprint density at radius 2 is 1.61 bits per heavy atom. The normalized spacial score (nSPS) is 21.9. The molecule has 9 heteroatoms. The van der Waals surface area contributed by atoms with Crippen molar-refractivity contribution in [2.24, 2.45) is 0 Å². The lowest BCUT2D eigenvalue weighted by Gasteiger charge is -2.17. The molecular weight excluding hydrogens is 462 g/mol. The van der Waals surface area contributed by atoms with Gasteiger partial charge in [-0.1, -0.05) is 70.4 Å². The zero-order valence-corrected chi connectivity index (χ0v) is 21.7. The maximum atomic E-state index is 12.3. The number of aromatic nitrogens is 2. The van der Waals surface area contributed by atoms with E-state index in [1.807, 2.05) is 0 Å². The Hall–Kier alpha value is -2.07. The standard InChI is InChI=1S/C27H45N3O6/c1-2-3-4-5-6-7-8-9-10-11-12-13-14-15-16-17-23(32)28-22-18-19-30(27(35)29-22)26-25(34)24(33)21(20-31)36-26/h7-8,18-19,21,24-26,31,33-34H,2-6,9-17,20H2,1H3,(H,28,29,32,35)/b8-7+/t21-,24-,25+,26-/m1/s1. The molecule has 0 aromatic carbocycles. The highest BCUT2D eigenvalue weighted by Gasteiger charge is 2.43. The Kier molecular flexibility index (Phi) is 14.6. The molecule has 1 aromatic heterocycles. The van der Waals surface area contributed by atoms with Crippen LogP contribution in [0.3, 0.4) is 0 Å². The van der Waals surface area contributed by atoms with Gasteiger partial charge in [0, 0.05) is 12.6 Å². The van der Waals surface area contributed by atoms with Gasteiger partial charge in [0.15, 0.2) is 6.23 Å². The predicted octanol–water partition coefficient (Wildman–Crippen LogP) is 3.83. The maximum absolute atomic E-state index is 12.3.